The van der Waals surface area contributed by atoms with Gasteiger partial charge in [0.2, 0.25) is 0 Å². The Morgan fingerprint density at radius 3 is 2.48 bits per heavy atom. The predicted octanol–water partition coefficient (Wildman–Crippen LogP) is 2.90. The Kier molecular flexibility index (Phi) is 4.99. The summed E-state index contributed by atoms with van der Waals surface area (Å²) in [4.78, 5) is 12.0. The van der Waals surface area contributed by atoms with Crippen molar-refractivity contribution in [2.75, 3.05) is 14.2 Å². The Morgan fingerprint density at radius 1 is 1.19 bits per heavy atom. The molecule has 21 heavy (non-hydrogen) atoms. The Balaban J connectivity index is 1.94. The topological polar surface area (TPSA) is 47.6 Å². The van der Waals surface area contributed by atoms with Crippen LogP contribution in [0.2, 0.25) is 0 Å². The largest absolute Gasteiger partial charge is 0.468 e. The van der Waals surface area contributed by atoms with Crippen molar-refractivity contribution in [3.05, 3.63) is 0 Å². The summed E-state index contributed by atoms with van der Waals surface area (Å²) in [5.41, 5.74) is -0.182. The molecule has 2 fully saturated rings. The lowest BCUT2D eigenvalue weighted by Crippen LogP contribution is -2.49. The van der Waals surface area contributed by atoms with Crippen LogP contribution in [-0.4, -0.2) is 37.9 Å². The number of methoxy groups -OCH3 is 1. The lowest BCUT2D eigenvalue weighted by molar-refractivity contribution is -0.149. The van der Waals surface area contributed by atoms with Crippen molar-refractivity contribution in [2.45, 2.75) is 77.0 Å². The minimum absolute atomic E-state index is 0.159. The summed E-state index contributed by atoms with van der Waals surface area (Å²) in [6.07, 6.45) is 6.50. The van der Waals surface area contributed by atoms with Crippen molar-refractivity contribution in [3.8, 4) is 0 Å². The molecule has 4 atom stereocenters. The summed E-state index contributed by atoms with van der Waals surface area (Å²) in [6.45, 7) is 6.98. The van der Waals surface area contributed by atoms with Crippen LogP contribution in [0.4, 0.5) is 0 Å². The van der Waals surface area contributed by atoms with Crippen molar-refractivity contribution < 1.29 is 14.3 Å². The molecule has 0 spiro atoms. The first-order chi connectivity index (χ1) is 9.80. The van der Waals surface area contributed by atoms with Gasteiger partial charge in [-0.25, -0.2) is 0 Å². The van der Waals surface area contributed by atoms with Gasteiger partial charge in [-0.1, -0.05) is 20.8 Å². The fraction of sp³-hybridized carbons (Fsp3) is 0.941. The molecule has 0 heterocycles. The second kappa shape index (κ2) is 6.25. The fourth-order valence-electron chi connectivity index (χ4n) is 4.46. The summed E-state index contributed by atoms with van der Waals surface area (Å²) in [6, 6.07) is 0. The van der Waals surface area contributed by atoms with E-state index in [-0.39, 0.29) is 12.1 Å². The molecule has 0 aliphatic heterocycles. The second-order valence-electron chi connectivity index (χ2n) is 7.86. The summed E-state index contributed by atoms with van der Waals surface area (Å²) in [5, 5.41) is 3.17. The van der Waals surface area contributed by atoms with E-state index in [1.807, 2.05) is 7.05 Å². The SMILES string of the molecule is CNC1(C(=O)OC)CCC(OC2CC(C)CC(C)(C)C2)C1. The smallest absolute Gasteiger partial charge is 0.326 e. The highest BCUT2D eigenvalue weighted by Gasteiger charge is 2.46. The fourth-order valence-corrected chi connectivity index (χ4v) is 4.46. The summed E-state index contributed by atoms with van der Waals surface area (Å²) < 4.78 is 11.3. The number of ether oxygens (including phenoxy) is 2. The highest BCUT2D eigenvalue weighted by Crippen LogP contribution is 2.42. The number of hydrogen-bond acceptors (Lipinski definition) is 4. The number of carbonyl (C=O) groups is 1. The van der Waals surface area contributed by atoms with Gasteiger partial charge in [-0.3, -0.25) is 4.79 Å². The van der Waals surface area contributed by atoms with E-state index in [4.69, 9.17) is 9.47 Å². The second-order valence-corrected chi connectivity index (χ2v) is 7.86. The van der Waals surface area contributed by atoms with Crippen molar-refractivity contribution >= 4 is 5.97 Å². The Bertz CT molecular complexity index is 382. The molecule has 0 radical (unpaired) electrons. The van der Waals surface area contributed by atoms with Gasteiger partial charge in [0.15, 0.2) is 0 Å². The first kappa shape index (κ1) is 16.8. The van der Waals surface area contributed by atoms with Crippen molar-refractivity contribution in [1.29, 1.82) is 0 Å². The summed E-state index contributed by atoms with van der Waals surface area (Å²) in [5.74, 6) is 0.559. The zero-order valence-electron chi connectivity index (χ0n) is 14.2. The first-order valence-corrected chi connectivity index (χ1v) is 8.23. The van der Waals surface area contributed by atoms with Crippen LogP contribution in [0.3, 0.4) is 0 Å². The molecule has 0 saturated heterocycles. The van der Waals surface area contributed by atoms with Gasteiger partial charge < -0.3 is 14.8 Å². The first-order valence-electron chi connectivity index (χ1n) is 8.23. The van der Waals surface area contributed by atoms with Crippen LogP contribution >= 0.6 is 0 Å². The minimum atomic E-state index is -0.546. The Hall–Kier alpha value is -0.610. The van der Waals surface area contributed by atoms with Gasteiger partial charge >= 0.3 is 5.97 Å². The molecule has 4 nitrogen and oxygen atoms in total. The highest BCUT2D eigenvalue weighted by atomic mass is 16.5. The van der Waals surface area contributed by atoms with E-state index in [0.29, 0.717) is 11.5 Å². The van der Waals surface area contributed by atoms with Crippen molar-refractivity contribution in [3.63, 3.8) is 0 Å². The highest BCUT2D eigenvalue weighted by molar-refractivity contribution is 5.81. The maximum Gasteiger partial charge on any atom is 0.326 e. The predicted molar refractivity (Wildman–Crippen MR) is 83.1 cm³/mol. The quantitative estimate of drug-likeness (QED) is 0.811. The van der Waals surface area contributed by atoms with E-state index in [1.54, 1.807) is 0 Å². The normalized spacial score (nSPS) is 39.2. The van der Waals surface area contributed by atoms with Crippen LogP contribution in [0.5, 0.6) is 0 Å². The molecule has 122 valence electrons. The molecule has 0 aromatic heterocycles. The molecule has 0 bridgehead atoms. The molecule has 0 amide bonds. The van der Waals surface area contributed by atoms with E-state index < -0.39 is 5.54 Å². The maximum absolute atomic E-state index is 12.0. The van der Waals surface area contributed by atoms with E-state index in [1.165, 1.54) is 13.5 Å². The van der Waals surface area contributed by atoms with E-state index >= 15 is 0 Å². The van der Waals surface area contributed by atoms with Gasteiger partial charge in [-0.05, 0) is 50.5 Å². The molecule has 0 aromatic carbocycles. The lowest BCUT2D eigenvalue weighted by Gasteiger charge is -2.40. The zero-order valence-corrected chi connectivity index (χ0v) is 14.2. The molecule has 0 aromatic rings. The van der Waals surface area contributed by atoms with Gasteiger partial charge in [0.25, 0.3) is 0 Å². The third-order valence-electron chi connectivity index (χ3n) is 5.26. The molecule has 4 unspecified atom stereocenters. The number of likely N-dealkylation sites (N-methyl/N-ethyl adjacent to an activating group) is 1. The monoisotopic (exact) mass is 297 g/mol. The standard InChI is InChI=1S/C17H31NO3/c1-12-8-14(10-16(2,3)9-12)21-13-6-7-17(11-13,18-4)15(19)20-5/h12-14,18H,6-11H2,1-5H3. The van der Waals surface area contributed by atoms with Crippen LogP contribution < -0.4 is 5.32 Å². The third kappa shape index (κ3) is 3.78. The van der Waals surface area contributed by atoms with Gasteiger partial charge in [0, 0.05) is 6.42 Å². The Morgan fingerprint density at radius 2 is 1.90 bits per heavy atom. The third-order valence-corrected chi connectivity index (χ3v) is 5.26. The molecule has 2 aliphatic rings. The van der Waals surface area contributed by atoms with Crippen LogP contribution in [0.15, 0.2) is 0 Å². The van der Waals surface area contributed by atoms with Gasteiger partial charge in [0.05, 0.1) is 19.3 Å². The number of carbonyl (C=O) groups excluding carboxylic acids is 1. The van der Waals surface area contributed by atoms with Crippen molar-refractivity contribution in [1.82, 2.24) is 5.32 Å². The Labute approximate surface area is 129 Å². The summed E-state index contributed by atoms with van der Waals surface area (Å²) >= 11 is 0. The number of nitrogens with one attached hydrogen (secondary N) is 1. The minimum Gasteiger partial charge on any atom is -0.468 e. The van der Waals surface area contributed by atoms with E-state index in [2.05, 4.69) is 26.1 Å². The van der Waals surface area contributed by atoms with Crippen LogP contribution in [0, 0.1) is 11.3 Å². The molecular weight excluding hydrogens is 266 g/mol. The van der Waals surface area contributed by atoms with Crippen LogP contribution in [-0.2, 0) is 14.3 Å². The molecule has 1 N–H and O–H groups in total. The molecule has 4 heteroatoms. The van der Waals surface area contributed by atoms with E-state index in [0.717, 1.165) is 38.0 Å². The maximum atomic E-state index is 12.0. The number of esters is 1. The molecule has 2 saturated carbocycles. The van der Waals surface area contributed by atoms with Gasteiger partial charge in [-0.15, -0.1) is 0 Å². The molecule has 2 aliphatic carbocycles. The number of hydrogen-bond donors (Lipinski definition) is 1. The van der Waals surface area contributed by atoms with Gasteiger partial charge in [0.1, 0.15) is 5.54 Å². The van der Waals surface area contributed by atoms with Crippen molar-refractivity contribution in [2.24, 2.45) is 11.3 Å². The molecular formula is C17H31NO3. The summed E-state index contributed by atoms with van der Waals surface area (Å²) in [7, 11) is 3.30. The zero-order chi connectivity index (χ0) is 15.7. The van der Waals surface area contributed by atoms with Crippen LogP contribution in [0.1, 0.15) is 59.3 Å². The number of rotatable bonds is 4. The lowest BCUT2D eigenvalue weighted by atomic mass is 9.71. The van der Waals surface area contributed by atoms with Gasteiger partial charge in [-0.2, -0.15) is 0 Å². The van der Waals surface area contributed by atoms with E-state index in [9.17, 15) is 4.79 Å². The molecule has 2 rings (SSSR count). The van der Waals surface area contributed by atoms with Crippen LogP contribution in [0.25, 0.3) is 0 Å². The average molecular weight is 297 g/mol. The average Bonchev–Trinajstić information content (AvgIpc) is 2.80.